The van der Waals surface area contributed by atoms with Gasteiger partial charge in [0.05, 0.1) is 7.11 Å². The molecular formula is C6H5O6S-. The molecule has 13 heavy (non-hydrogen) atoms. The van der Waals surface area contributed by atoms with Gasteiger partial charge in [-0.05, 0) is 12.1 Å². The highest BCUT2D eigenvalue weighted by atomic mass is 32.2. The summed E-state index contributed by atoms with van der Waals surface area (Å²) < 4.78 is 39.7. The van der Waals surface area contributed by atoms with Crippen LogP contribution in [0.5, 0.6) is 0 Å². The Balaban J connectivity index is 3.07. The highest BCUT2D eigenvalue weighted by molar-refractivity contribution is 7.85. The zero-order chi connectivity index (χ0) is 10.1. The van der Waals surface area contributed by atoms with Crippen LogP contribution in [0.15, 0.2) is 21.6 Å². The number of ether oxygens (including phenoxy) is 1. The molecule has 72 valence electrons. The molecule has 1 heterocycles. The summed E-state index contributed by atoms with van der Waals surface area (Å²) in [5.41, 5.74) is 0. The van der Waals surface area contributed by atoms with Gasteiger partial charge >= 0.3 is 5.97 Å². The van der Waals surface area contributed by atoms with Gasteiger partial charge in [0.25, 0.3) is 0 Å². The molecule has 0 aliphatic heterocycles. The molecule has 0 unspecified atom stereocenters. The molecule has 0 aliphatic carbocycles. The van der Waals surface area contributed by atoms with Gasteiger partial charge in [-0.15, -0.1) is 0 Å². The molecule has 0 bridgehead atoms. The number of rotatable bonds is 2. The quantitative estimate of drug-likeness (QED) is 0.496. The maximum absolute atomic E-state index is 10.7. The summed E-state index contributed by atoms with van der Waals surface area (Å²) in [5, 5.41) is -0.798. The molecule has 0 aromatic carbocycles. The Hall–Kier alpha value is -1.34. The predicted octanol–water partition coefficient (Wildman–Crippen LogP) is -0.0297. The monoisotopic (exact) mass is 205 g/mol. The number of carbonyl (C=O) groups is 1. The Labute approximate surface area is 73.9 Å². The van der Waals surface area contributed by atoms with E-state index in [9.17, 15) is 17.8 Å². The van der Waals surface area contributed by atoms with E-state index in [1.54, 1.807) is 0 Å². The molecule has 0 radical (unpaired) electrons. The van der Waals surface area contributed by atoms with Crippen molar-refractivity contribution in [2.24, 2.45) is 0 Å². The van der Waals surface area contributed by atoms with Crippen LogP contribution < -0.4 is 0 Å². The van der Waals surface area contributed by atoms with E-state index in [0.29, 0.717) is 0 Å². The van der Waals surface area contributed by atoms with Gasteiger partial charge in [-0.2, -0.15) is 0 Å². The van der Waals surface area contributed by atoms with Crippen molar-refractivity contribution in [3.8, 4) is 0 Å². The summed E-state index contributed by atoms with van der Waals surface area (Å²) in [7, 11) is -3.54. The molecule has 1 rings (SSSR count). The van der Waals surface area contributed by atoms with Crippen LogP contribution in [0.3, 0.4) is 0 Å². The molecular weight excluding hydrogens is 200 g/mol. The van der Waals surface area contributed by atoms with E-state index in [4.69, 9.17) is 0 Å². The van der Waals surface area contributed by atoms with E-state index in [1.165, 1.54) is 0 Å². The van der Waals surface area contributed by atoms with E-state index in [2.05, 4.69) is 9.15 Å². The first kappa shape index (κ1) is 9.75. The average molecular weight is 205 g/mol. The SMILES string of the molecule is COC(=O)c1ccc(S(=O)(=O)[O-])o1. The van der Waals surface area contributed by atoms with Crippen LogP contribution in [0.2, 0.25) is 0 Å². The molecule has 0 aliphatic rings. The zero-order valence-electron chi connectivity index (χ0n) is 6.51. The van der Waals surface area contributed by atoms with Crippen molar-refractivity contribution < 1.29 is 26.9 Å². The van der Waals surface area contributed by atoms with Gasteiger partial charge in [0.15, 0.2) is 10.1 Å². The van der Waals surface area contributed by atoms with Crippen molar-refractivity contribution in [3.05, 3.63) is 17.9 Å². The van der Waals surface area contributed by atoms with Gasteiger partial charge in [0.2, 0.25) is 10.9 Å². The molecule has 7 heteroatoms. The predicted molar refractivity (Wildman–Crippen MR) is 38.0 cm³/mol. The standard InChI is InChI=1S/C6H6O6S/c1-11-6(7)4-2-3-5(12-4)13(8,9)10/h2-3H,1H3,(H,8,9,10)/p-1. The Morgan fingerprint density at radius 1 is 1.54 bits per heavy atom. The Morgan fingerprint density at radius 2 is 2.15 bits per heavy atom. The maximum atomic E-state index is 10.7. The fourth-order valence-corrected chi connectivity index (χ4v) is 1.09. The van der Waals surface area contributed by atoms with Crippen LogP contribution in [0.25, 0.3) is 0 Å². The lowest BCUT2D eigenvalue weighted by Crippen LogP contribution is -1.99. The van der Waals surface area contributed by atoms with Gasteiger partial charge < -0.3 is 13.7 Å². The maximum Gasteiger partial charge on any atom is 0.374 e. The largest absolute Gasteiger partial charge is 0.742 e. The van der Waals surface area contributed by atoms with Crippen LogP contribution in [-0.2, 0) is 14.9 Å². The minimum Gasteiger partial charge on any atom is -0.742 e. The van der Waals surface area contributed by atoms with Crippen molar-refractivity contribution in [2.45, 2.75) is 5.09 Å². The highest BCUT2D eigenvalue weighted by Crippen LogP contribution is 2.13. The number of hydrogen-bond acceptors (Lipinski definition) is 6. The number of furan rings is 1. The molecule has 0 fully saturated rings. The molecule has 6 nitrogen and oxygen atoms in total. The second-order valence-corrected chi connectivity index (χ2v) is 3.38. The van der Waals surface area contributed by atoms with Crippen LogP contribution in [0.1, 0.15) is 10.6 Å². The summed E-state index contributed by atoms with van der Waals surface area (Å²) in [6, 6.07) is 1.95. The molecule has 0 amide bonds. The Kier molecular flexibility index (Phi) is 2.39. The smallest absolute Gasteiger partial charge is 0.374 e. The third kappa shape index (κ3) is 2.07. The van der Waals surface area contributed by atoms with E-state index in [-0.39, 0.29) is 5.76 Å². The van der Waals surface area contributed by atoms with Crippen molar-refractivity contribution in [3.63, 3.8) is 0 Å². The minimum atomic E-state index is -4.65. The van der Waals surface area contributed by atoms with E-state index >= 15 is 0 Å². The van der Waals surface area contributed by atoms with Crippen molar-refractivity contribution in [2.75, 3.05) is 7.11 Å². The number of esters is 1. The fraction of sp³-hybridized carbons (Fsp3) is 0.167. The van der Waals surface area contributed by atoms with Gasteiger partial charge in [-0.1, -0.05) is 0 Å². The van der Waals surface area contributed by atoms with E-state index < -0.39 is 21.2 Å². The van der Waals surface area contributed by atoms with Crippen LogP contribution in [0, 0.1) is 0 Å². The van der Waals surface area contributed by atoms with Crippen LogP contribution >= 0.6 is 0 Å². The number of carbonyl (C=O) groups excluding carboxylic acids is 1. The molecule has 0 saturated carbocycles. The highest BCUT2D eigenvalue weighted by Gasteiger charge is 2.13. The first-order valence-corrected chi connectivity index (χ1v) is 4.50. The first-order chi connectivity index (χ1) is 5.95. The summed E-state index contributed by atoms with van der Waals surface area (Å²) in [6.07, 6.45) is 0. The molecule has 1 aromatic rings. The van der Waals surface area contributed by atoms with Gasteiger partial charge in [-0.3, -0.25) is 0 Å². The minimum absolute atomic E-state index is 0.322. The summed E-state index contributed by atoms with van der Waals surface area (Å²) >= 11 is 0. The van der Waals surface area contributed by atoms with Gasteiger partial charge in [-0.25, -0.2) is 13.2 Å². The van der Waals surface area contributed by atoms with Crippen molar-refractivity contribution >= 4 is 16.1 Å². The van der Waals surface area contributed by atoms with Crippen molar-refractivity contribution in [1.82, 2.24) is 0 Å². The number of methoxy groups -OCH3 is 1. The second-order valence-electron chi connectivity index (χ2n) is 2.06. The summed E-state index contributed by atoms with van der Waals surface area (Å²) in [6.45, 7) is 0. The third-order valence-corrected chi connectivity index (χ3v) is 1.93. The average Bonchev–Trinajstić information content (AvgIpc) is 2.50. The van der Waals surface area contributed by atoms with Gasteiger partial charge in [0.1, 0.15) is 0 Å². The Bertz CT molecular complexity index is 414. The van der Waals surface area contributed by atoms with Crippen LogP contribution in [0.4, 0.5) is 0 Å². The normalized spacial score (nSPS) is 11.2. The Morgan fingerprint density at radius 3 is 2.54 bits per heavy atom. The molecule has 0 atom stereocenters. The first-order valence-electron chi connectivity index (χ1n) is 3.09. The molecule has 1 aromatic heterocycles. The number of hydrogen-bond donors (Lipinski definition) is 0. The van der Waals surface area contributed by atoms with E-state index in [0.717, 1.165) is 19.2 Å². The lowest BCUT2D eigenvalue weighted by Gasteiger charge is -2.00. The molecule has 0 saturated heterocycles. The van der Waals surface area contributed by atoms with Gasteiger partial charge in [0, 0.05) is 0 Å². The molecule has 0 spiro atoms. The second kappa shape index (κ2) is 3.19. The summed E-state index contributed by atoms with van der Waals surface area (Å²) in [5.74, 6) is -1.16. The van der Waals surface area contributed by atoms with E-state index in [1.807, 2.05) is 0 Å². The molecule has 0 N–H and O–H groups in total. The van der Waals surface area contributed by atoms with Crippen LogP contribution in [-0.4, -0.2) is 26.0 Å². The van der Waals surface area contributed by atoms with Crippen molar-refractivity contribution in [1.29, 1.82) is 0 Å². The fourth-order valence-electron chi connectivity index (χ4n) is 0.665. The lowest BCUT2D eigenvalue weighted by atomic mass is 10.5. The summed E-state index contributed by atoms with van der Waals surface area (Å²) in [4.78, 5) is 10.7. The third-order valence-electron chi connectivity index (χ3n) is 1.21. The zero-order valence-corrected chi connectivity index (χ0v) is 7.33. The lowest BCUT2D eigenvalue weighted by molar-refractivity contribution is 0.0558. The topological polar surface area (TPSA) is 96.6 Å².